The van der Waals surface area contributed by atoms with Gasteiger partial charge in [-0.05, 0) is 47.0 Å². The highest BCUT2D eigenvalue weighted by molar-refractivity contribution is 6.10. The molecular formula is C32H26N2O2. The van der Waals surface area contributed by atoms with Crippen LogP contribution in [0.3, 0.4) is 0 Å². The molecule has 1 amide bonds. The number of para-hydroxylation sites is 1. The number of fused-ring (bicyclic) bond motifs is 1. The number of hydrogen-bond donors (Lipinski definition) is 1. The molecule has 0 saturated heterocycles. The normalized spacial score (nSPS) is 11.3. The minimum absolute atomic E-state index is 0.253. The van der Waals surface area contributed by atoms with Gasteiger partial charge in [0.2, 0.25) is 0 Å². The summed E-state index contributed by atoms with van der Waals surface area (Å²) in [5.41, 5.74) is 8.11. The topological polar surface area (TPSA) is 50.7 Å². The molecule has 0 aliphatic carbocycles. The molecule has 0 aromatic heterocycles. The molecule has 0 spiro atoms. The fraction of sp³-hybridized carbons (Fsp3) is 0.0625. The first-order chi connectivity index (χ1) is 17.7. The van der Waals surface area contributed by atoms with Gasteiger partial charge in [0.15, 0.2) is 0 Å². The average Bonchev–Trinajstić information content (AvgIpc) is 2.95. The fourth-order valence-corrected chi connectivity index (χ4v) is 4.16. The Labute approximate surface area is 210 Å². The van der Waals surface area contributed by atoms with E-state index in [1.54, 1.807) is 12.1 Å². The van der Waals surface area contributed by atoms with Crippen LogP contribution >= 0.6 is 0 Å². The molecule has 4 heteroatoms. The Morgan fingerprint density at radius 2 is 1.44 bits per heavy atom. The minimum atomic E-state index is -0.253. The van der Waals surface area contributed by atoms with E-state index in [0.29, 0.717) is 12.2 Å². The SMILES string of the molecule is C/C(=N\NC(=O)c1ccc(COc2ccccc2-c2ccccc2)cc1)c1cccc2ccccc12. The van der Waals surface area contributed by atoms with E-state index in [9.17, 15) is 4.79 Å². The molecule has 176 valence electrons. The molecule has 5 aromatic rings. The maximum atomic E-state index is 12.7. The van der Waals surface area contributed by atoms with Gasteiger partial charge in [-0.15, -0.1) is 0 Å². The van der Waals surface area contributed by atoms with Crippen molar-refractivity contribution in [2.75, 3.05) is 0 Å². The lowest BCUT2D eigenvalue weighted by Gasteiger charge is -2.12. The van der Waals surface area contributed by atoms with E-state index in [-0.39, 0.29) is 5.91 Å². The van der Waals surface area contributed by atoms with Crippen LogP contribution in [-0.4, -0.2) is 11.6 Å². The van der Waals surface area contributed by atoms with Crippen LogP contribution in [0, 0.1) is 0 Å². The standard InChI is InChI=1S/C32H26N2O2/c1-23(28-16-9-13-25-12-5-6-14-29(25)28)33-34-32(35)27-20-18-24(19-21-27)22-36-31-17-8-7-15-30(31)26-10-3-2-4-11-26/h2-21H,22H2,1H3,(H,34,35)/b33-23+. The number of hydrazone groups is 1. The first kappa shape index (κ1) is 23.1. The zero-order valence-corrected chi connectivity index (χ0v) is 20.0. The van der Waals surface area contributed by atoms with Crippen molar-refractivity contribution in [1.82, 2.24) is 5.43 Å². The lowest BCUT2D eigenvalue weighted by molar-refractivity contribution is 0.0955. The highest BCUT2D eigenvalue weighted by Crippen LogP contribution is 2.30. The van der Waals surface area contributed by atoms with Crippen LogP contribution in [0.2, 0.25) is 0 Å². The molecule has 0 aliphatic heterocycles. The van der Waals surface area contributed by atoms with E-state index in [2.05, 4.69) is 46.9 Å². The third-order valence-electron chi connectivity index (χ3n) is 6.09. The molecule has 0 heterocycles. The van der Waals surface area contributed by atoms with E-state index in [1.165, 1.54) is 0 Å². The Hall–Kier alpha value is -4.70. The molecule has 0 saturated carbocycles. The summed E-state index contributed by atoms with van der Waals surface area (Å²) in [6.07, 6.45) is 0. The van der Waals surface area contributed by atoms with E-state index < -0.39 is 0 Å². The van der Waals surface area contributed by atoms with Crippen LogP contribution in [0.15, 0.2) is 126 Å². The molecule has 0 bridgehead atoms. The number of ether oxygens (including phenoxy) is 1. The summed E-state index contributed by atoms with van der Waals surface area (Å²) in [5.74, 6) is 0.570. The van der Waals surface area contributed by atoms with Gasteiger partial charge in [-0.2, -0.15) is 5.10 Å². The van der Waals surface area contributed by atoms with Crippen LogP contribution in [0.4, 0.5) is 0 Å². The van der Waals surface area contributed by atoms with E-state index >= 15 is 0 Å². The van der Waals surface area contributed by atoms with Gasteiger partial charge in [-0.3, -0.25) is 4.79 Å². The summed E-state index contributed by atoms with van der Waals surface area (Å²) in [6, 6.07) is 39.8. The van der Waals surface area contributed by atoms with Gasteiger partial charge in [0.1, 0.15) is 12.4 Å². The summed E-state index contributed by atoms with van der Waals surface area (Å²) < 4.78 is 6.12. The van der Waals surface area contributed by atoms with Crippen LogP contribution in [0.25, 0.3) is 21.9 Å². The molecular weight excluding hydrogens is 444 g/mol. The summed E-state index contributed by atoms with van der Waals surface area (Å²) in [7, 11) is 0. The highest BCUT2D eigenvalue weighted by Gasteiger charge is 2.09. The van der Waals surface area contributed by atoms with E-state index in [4.69, 9.17) is 4.74 Å². The van der Waals surface area contributed by atoms with Crippen molar-refractivity contribution in [2.45, 2.75) is 13.5 Å². The summed E-state index contributed by atoms with van der Waals surface area (Å²) in [4.78, 5) is 12.7. The number of hydrogen-bond acceptors (Lipinski definition) is 3. The summed E-state index contributed by atoms with van der Waals surface area (Å²) in [6.45, 7) is 2.31. The predicted octanol–water partition coefficient (Wildman–Crippen LogP) is 7.24. The number of carbonyl (C=O) groups excluding carboxylic acids is 1. The van der Waals surface area contributed by atoms with Gasteiger partial charge in [-0.1, -0.05) is 103 Å². The zero-order chi connectivity index (χ0) is 24.7. The molecule has 5 aromatic carbocycles. The molecule has 0 atom stereocenters. The van der Waals surface area contributed by atoms with Crippen LogP contribution in [-0.2, 0) is 6.61 Å². The average molecular weight is 471 g/mol. The fourth-order valence-electron chi connectivity index (χ4n) is 4.16. The second-order valence-corrected chi connectivity index (χ2v) is 8.51. The number of amides is 1. The van der Waals surface area contributed by atoms with Crippen LogP contribution < -0.4 is 10.2 Å². The molecule has 0 unspecified atom stereocenters. The number of carbonyl (C=O) groups is 1. The number of nitrogens with one attached hydrogen (secondary N) is 1. The number of nitrogens with zero attached hydrogens (tertiary/aromatic N) is 1. The third-order valence-corrected chi connectivity index (χ3v) is 6.09. The molecule has 4 nitrogen and oxygen atoms in total. The Bertz CT molecular complexity index is 1520. The third kappa shape index (κ3) is 5.18. The second-order valence-electron chi connectivity index (χ2n) is 8.51. The monoisotopic (exact) mass is 470 g/mol. The zero-order valence-electron chi connectivity index (χ0n) is 20.0. The number of benzene rings is 5. The maximum absolute atomic E-state index is 12.7. The van der Waals surface area contributed by atoms with Gasteiger partial charge in [0.25, 0.3) is 5.91 Å². The maximum Gasteiger partial charge on any atom is 0.271 e. The Morgan fingerprint density at radius 3 is 2.28 bits per heavy atom. The lowest BCUT2D eigenvalue weighted by Crippen LogP contribution is -2.19. The molecule has 5 rings (SSSR count). The lowest BCUT2D eigenvalue weighted by atomic mass is 10.0. The Balaban J connectivity index is 1.24. The van der Waals surface area contributed by atoms with Gasteiger partial charge >= 0.3 is 0 Å². The van der Waals surface area contributed by atoms with Crippen molar-refractivity contribution in [3.05, 3.63) is 138 Å². The van der Waals surface area contributed by atoms with Crippen molar-refractivity contribution in [2.24, 2.45) is 5.10 Å². The quantitative estimate of drug-likeness (QED) is 0.201. The van der Waals surface area contributed by atoms with Crippen molar-refractivity contribution in [3.8, 4) is 16.9 Å². The molecule has 0 aliphatic rings. The molecule has 0 radical (unpaired) electrons. The van der Waals surface area contributed by atoms with E-state index in [1.807, 2.05) is 79.7 Å². The summed E-state index contributed by atoms with van der Waals surface area (Å²) in [5, 5.41) is 6.59. The van der Waals surface area contributed by atoms with E-state index in [0.717, 1.165) is 44.5 Å². The molecule has 1 N–H and O–H groups in total. The van der Waals surface area contributed by atoms with Crippen molar-refractivity contribution >= 4 is 22.4 Å². The van der Waals surface area contributed by atoms with Crippen molar-refractivity contribution < 1.29 is 9.53 Å². The second kappa shape index (κ2) is 10.7. The highest BCUT2D eigenvalue weighted by atomic mass is 16.5. The molecule has 36 heavy (non-hydrogen) atoms. The van der Waals surface area contributed by atoms with Crippen LogP contribution in [0.5, 0.6) is 5.75 Å². The number of rotatable bonds is 7. The molecule has 0 fully saturated rings. The predicted molar refractivity (Wildman–Crippen MR) is 146 cm³/mol. The van der Waals surface area contributed by atoms with Gasteiger partial charge in [-0.25, -0.2) is 5.43 Å². The summed E-state index contributed by atoms with van der Waals surface area (Å²) >= 11 is 0. The minimum Gasteiger partial charge on any atom is -0.488 e. The smallest absolute Gasteiger partial charge is 0.271 e. The van der Waals surface area contributed by atoms with Crippen LogP contribution in [0.1, 0.15) is 28.4 Å². The Morgan fingerprint density at radius 1 is 0.750 bits per heavy atom. The van der Waals surface area contributed by atoms with Gasteiger partial charge < -0.3 is 4.74 Å². The van der Waals surface area contributed by atoms with Gasteiger partial charge in [0, 0.05) is 16.7 Å². The van der Waals surface area contributed by atoms with Crippen molar-refractivity contribution in [1.29, 1.82) is 0 Å². The first-order valence-electron chi connectivity index (χ1n) is 11.9. The first-order valence-corrected chi connectivity index (χ1v) is 11.9. The van der Waals surface area contributed by atoms with Crippen molar-refractivity contribution in [3.63, 3.8) is 0 Å². The Kier molecular flexibility index (Phi) is 6.86. The van der Waals surface area contributed by atoms with Gasteiger partial charge in [0.05, 0.1) is 5.71 Å². The largest absolute Gasteiger partial charge is 0.488 e.